The summed E-state index contributed by atoms with van der Waals surface area (Å²) >= 11 is 0. The number of benzene rings is 2. The Morgan fingerprint density at radius 3 is 2.59 bits per heavy atom. The number of nitrogens with one attached hydrogen (secondary N) is 2. The predicted molar refractivity (Wildman–Crippen MR) is 80.4 cm³/mol. The molecule has 1 aromatic heterocycles. The minimum atomic E-state index is -1.11. The fourth-order valence-corrected chi connectivity index (χ4v) is 2.30. The number of H-pyrrole nitrogens is 1. The molecule has 0 spiro atoms. The van der Waals surface area contributed by atoms with Gasteiger partial charge in [-0.3, -0.25) is 9.89 Å². The number of hydrogen-bond acceptors (Lipinski definition) is 3. The largest absolute Gasteiger partial charge is 0.479 e. The third kappa shape index (κ3) is 2.54. The van der Waals surface area contributed by atoms with Crippen LogP contribution >= 0.6 is 0 Å². The number of aromatic nitrogens is 2. The number of para-hydroxylation sites is 1. The molecule has 0 bridgehead atoms. The second kappa shape index (κ2) is 5.69. The molecule has 1 amide bonds. The van der Waals surface area contributed by atoms with E-state index >= 15 is 0 Å². The van der Waals surface area contributed by atoms with Gasteiger partial charge in [-0.1, -0.05) is 42.5 Å². The molecule has 3 rings (SSSR count). The maximum Gasteiger partial charge on any atom is 0.330 e. The van der Waals surface area contributed by atoms with Gasteiger partial charge in [0.05, 0.1) is 17.3 Å². The van der Waals surface area contributed by atoms with Crippen LogP contribution in [0.2, 0.25) is 0 Å². The Morgan fingerprint density at radius 1 is 1.09 bits per heavy atom. The predicted octanol–water partition coefficient (Wildman–Crippen LogP) is 2.12. The van der Waals surface area contributed by atoms with Crippen molar-refractivity contribution < 1.29 is 14.7 Å². The van der Waals surface area contributed by atoms with Crippen LogP contribution in [0.5, 0.6) is 0 Å². The summed E-state index contributed by atoms with van der Waals surface area (Å²) in [6.07, 6.45) is 1.61. The Balaban J connectivity index is 1.92. The van der Waals surface area contributed by atoms with E-state index < -0.39 is 17.9 Å². The van der Waals surface area contributed by atoms with Crippen molar-refractivity contribution in [2.45, 2.75) is 6.04 Å². The third-order valence-corrected chi connectivity index (χ3v) is 3.38. The number of hydrogen-bond donors (Lipinski definition) is 3. The summed E-state index contributed by atoms with van der Waals surface area (Å²) in [6, 6.07) is 12.6. The lowest BCUT2D eigenvalue weighted by Crippen LogP contribution is -2.33. The quantitative estimate of drug-likeness (QED) is 0.687. The monoisotopic (exact) mass is 295 g/mol. The molecule has 0 saturated carbocycles. The first-order valence-electron chi connectivity index (χ1n) is 6.67. The Labute approximate surface area is 125 Å². The van der Waals surface area contributed by atoms with Crippen LogP contribution in [0.1, 0.15) is 22.0 Å². The van der Waals surface area contributed by atoms with Gasteiger partial charge < -0.3 is 10.4 Å². The molecular formula is C16H13N3O3. The highest BCUT2D eigenvalue weighted by Gasteiger charge is 2.23. The summed E-state index contributed by atoms with van der Waals surface area (Å²) in [4.78, 5) is 23.9. The molecule has 1 atom stereocenters. The molecule has 0 aliphatic rings. The van der Waals surface area contributed by atoms with Gasteiger partial charge >= 0.3 is 5.97 Å². The average Bonchev–Trinajstić information content (AvgIpc) is 3.01. The third-order valence-electron chi connectivity index (χ3n) is 3.38. The summed E-state index contributed by atoms with van der Waals surface area (Å²) in [5.41, 5.74) is 1.45. The number of carbonyl (C=O) groups is 2. The number of nitrogens with zero attached hydrogens (tertiary/aromatic N) is 1. The minimum absolute atomic E-state index is 0.359. The number of carboxylic acid groups (broad SMARTS) is 1. The lowest BCUT2D eigenvalue weighted by molar-refractivity contribution is -0.139. The van der Waals surface area contributed by atoms with Crippen molar-refractivity contribution in [3.05, 3.63) is 65.9 Å². The fourth-order valence-electron chi connectivity index (χ4n) is 2.30. The zero-order valence-corrected chi connectivity index (χ0v) is 11.5. The van der Waals surface area contributed by atoms with E-state index in [0.717, 1.165) is 5.39 Å². The normalized spacial score (nSPS) is 12.0. The Bertz CT molecular complexity index is 827. The van der Waals surface area contributed by atoms with Crippen molar-refractivity contribution in [3.8, 4) is 0 Å². The number of carbonyl (C=O) groups excluding carboxylic acids is 1. The van der Waals surface area contributed by atoms with E-state index in [-0.39, 0.29) is 0 Å². The van der Waals surface area contributed by atoms with Crippen LogP contribution in [0.3, 0.4) is 0 Å². The van der Waals surface area contributed by atoms with Gasteiger partial charge in [-0.05, 0) is 11.6 Å². The van der Waals surface area contributed by atoms with E-state index in [9.17, 15) is 14.7 Å². The van der Waals surface area contributed by atoms with Crippen LogP contribution in [0.15, 0.2) is 54.7 Å². The fraction of sp³-hybridized carbons (Fsp3) is 0.0625. The van der Waals surface area contributed by atoms with Crippen LogP contribution in [-0.2, 0) is 4.79 Å². The number of aliphatic carboxylic acids is 1. The molecule has 0 aliphatic heterocycles. The first kappa shape index (κ1) is 13.8. The number of fused-ring (bicyclic) bond motifs is 1. The molecule has 2 aromatic carbocycles. The Kier molecular flexibility index (Phi) is 3.57. The van der Waals surface area contributed by atoms with Crippen molar-refractivity contribution in [2.24, 2.45) is 0 Å². The number of aromatic amines is 1. The van der Waals surface area contributed by atoms with Crippen molar-refractivity contribution >= 4 is 22.8 Å². The molecule has 3 aromatic rings. The van der Waals surface area contributed by atoms with Gasteiger partial charge in [0.15, 0.2) is 6.04 Å². The number of amides is 1. The minimum Gasteiger partial charge on any atom is -0.479 e. The molecule has 110 valence electrons. The SMILES string of the molecule is O=C(NC(C(=O)O)c1ccccc1)c1cccc2cn[nH]c12. The lowest BCUT2D eigenvalue weighted by Gasteiger charge is -2.15. The van der Waals surface area contributed by atoms with Crippen LogP contribution in [-0.4, -0.2) is 27.2 Å². The van der Waals surface area contributed by atoms with Crippen molar-refractivity contribution in [2.75, 3.05) is 0 Å². The van der Waals surface area contributed by atoms with E-state index in [0.29, 0.717) is 16.6 Å². The van der Waals surface area contributed by atoms with Gasteiger partial charge in [0.2, 0.25) is 0 Å². The topological polar surface area (TPSA) is 95.1 Å². The molecule has 1 unspecified atom stereocenters. The summed E-state index contributed by atoms with van der Waals surface area (Å²) in [7, 11) is 0. The summed E-state index contributed by atoms with van der Waals surface area (Å²) in [5, 5.41) is 19.3. The van der Waals surface area contributed by atoms with E-state index in [4.69, 9.17) is 0 Å². The first-order valence-corrected chi connectivity index (χ1v) is 6.67. The molecule has 1 heterocycles. The molecule has 0 radical (unpaired) electrons. The van der Waals surface area contributed by atoms with Crippen molar-refractivity contribution in [1.29, 1.82) is 0 Å². The van der Waals surface area contributed by atoms with E-state index in [1.54, 1.807) is 48.7 Å². The smallest absolute Gasteiger partial charge is 0.330 e. The standard InChI is InChI=1S/C16H13N3O3/c20-15(12-8-4-7-11-9-17-19-13(11)12)18-14(16(21)22)10-5-2-1-3-6-10/h1-9,14H,(H,17,19)(H,18,20)(H,21,22). The van der Waals surface area contributed by atoms with Gasteiger partial charge in [0.1, 0.15) is 0 Å². The maximum absolute atomic E-state index is 12.4. The van der Waals surface area contributed by atoms with Crippen LogP contribution in [0.25, 0.3) is 10.9 Å². The van der Waals surface area contributed by atoms with Gasteiger partial charge in [0, 0.05) is 5.39 Å². The van der Waals surface area contributed by atoms with Gasteiger partial charge in [-0.2, -0.15) is 5.10 Å². The Morgan fingerprint density at radius 2 is 1.86 bits per heavy atom. The molecule has 6 heteroatoms. The molecule has 22 heavy (non-hydrogen) atoms. The molecular weight excluding hydrogens is 282 g/mol. The molecule has 6 nitrogen and oxygen atoms in total. The summed E-state index contributed by atoms with van der Waals surface area (Å²) in [5.74, 6) is -1.58. The average molecular weight is 295 g/mol. The first-order chi connectivity index (χ1) is 10.7. The molecule has 3 N–H and O–H groups in total. The zero-order chi connectivity index (χ0) is 15.5. The maximum atomic E-state index is 12.4. The number of carboxylic acids is 1. The van der Waals surface area contributed by atoms with Crippen LogP contribution < -0.4 is 5.32 Å². The summed E-state index contributed by atoms with van der Waals surface area (Å²) in [6.45, 7) is 0. The van der Waals surface area contributed by atoms with Crippen molar-refractivity contribution in [3.63, 3.8) is 0 Å². The molecule has 0 fully saturated rings. The molecule has 0 saturated heterocycles. The van der Waals surface area contributed by atoms with Gasteiger partial charge in [0.25, 0.3) is 5.91 Å². The van der Waals surface area contributed by atoms with Gasteiger partial charge in [-0.15, -0.1) is 0 Å². The highest BCUT2D eigenvalue weighted by atomic mass is 16.4. The van der Waals surface area contributed by atoms with E-state index in [1.165, 1.54) is 0 Å². The summed E-state index contributed by atoms with van der Waals surface area (Å²) < 4.78 is 0. The highest BCUT2D eigenvalue weighted by Crippen LogP contribution is 2.18. The van der Waals surface area contributed by atoms with Crippen LogP contribution in [0, 0.1) is 0 Å². The zero-order valence-electron chi connectivity index (χ0n) is 11.5. The van der Waals surface area contributed by atoms with Gasteiger partial charge in [-0.25, -0.2) is 4.79 Å². The number of rotatable bonds is 4. The molecule has 0 aliphatic carbocycles. The van der Waals surface area contributed by atoms with E-state index in [2.05, 4.69) is 15.5 Å². The van der Waals surface area contributed by atoms with Crippen molar-refractivity contribution in [1.82, 2.24) is 15.5 Å². The van der Waals surface area contributed by atoms with E-state index in [1.807, 2.05) is 6.07 Å². The second-order valence-electron chi connectivity index (χ2n) is 4.80. The second-order valence-corrected chi connectivity index (χ2v) is 4.80. The highest BCUT2D eigenvalue weighted by molar-refractivity contribution is 6.06. The van der Waals surface area contributed by atoms with Crippen LogP contribution in [0.4, 0.5) is 0 Å². The Hall–Kier alpha value is -3.15. The lowest BCUT2D eigenvalue weighted by atomic mass is 10.1.